The Bertz CT molecular complexity index is 998. The van der Waals surface area contributed by atoms with Gasteiger partial charge in [0.15, 0.2) is 0 Å². The molecule has 0 aliphatic carbocycles. The van der Waals surface area contributed by atoms with E-state index in [2.05, 4.69) is 16.3 Å². The molecule has 1 N–H and O–H groups in total. The van der Waals surface area contributed by atoms with Crippen molar-refractivity contribution in [2.45, 2.75) is 19.8 Å². The molecular weight excluding hydrogens is 346 g/mol. The van der Waals surface area contributed by atoms with E-state index in [1.165, 1.54) is 0 Å². The van der Waals surface area contributed by atoms with E-state index in [1.807, 2.05) is 44.2 Å². The van der Waals surface area contributed by atoms with Gasteiger partial charge in [-0.1, -0.05) is 43.5 Å². The van der Waals surface area contributed by atoms with Crippen LogP contribution in [0.3, 0.4) is 0 Å². The Morgan fingerprint density at radius 2 is 2.00 bits per heavy atom. The van der Waals surface area contributed by atoms with E-state index in [-0.39, 0.29) is 11.8 Å². The third kappa shape index (κ3) is 3.63. The molecule has 0 saturated carbocycles. The summed E-state index contributed by atoms with van der Waals surface area (Å²) in [6.45, 7) is 4.04. The number of aromatic nitrogens is 2. The van der Waals surface area contributed by atoms with Crippen LogP contribution < -0.4 is 5.32 Å². The maximum Gasteiger partial charge on any atom is 0.259 e. The van der Waals surface area contributed by atoms with Crippen molar-refractivity contribution in [1.82, 2.24) is 9.78 Å². The zero-order chi connectivity index (χ0) is 18.7. The van der Waals surface area contributed by atoms with E-state index in [9.17, 15) is 4.79 Å². The molecule has 1 heterocycles. The van der Waals surface area contributed by atoms with Gasteiger partial charge in [0, 0.05) is 16.3 Å². The molecule has 0 spiro atoms. The van der Waals surface area contributed by atoms with E-state index in [0.29, 0.717) is 21.8 Å². The number of hydrogen-bond donors (Lipinski definition) is 1. The Hall–Kier alpha value is -3.03. The lowest BCUT2D eigenvalue weighted by Crippen LogP contribution is -2.15. The molecule has 0 saturated heterocycles. The summed E-state index contributed by atoms with van der Waals surface area (Å²) in [5, 5.41) is 7.92. The zero-order valence-corrected chi connectivity index (χ0v) is 15.3. The maximum absolute atomic E-state index is 12.8. The first-order valence-electron chi connectivity index (χ1n) is 8.21. The smallest absolute Gasteiger partial charge is 0.259 e. The lowest BCUT2D eigenvalue weighted by Gasteiger charge is -2.13. The summed E-state index contributed by atoms with van der Waals surface area (Å²) in [6.07, 6.45) is 7.00. The number of carbonyl (C=O) groups is 1. The van der Waals surface area contributed by atoms with Crippen molar-refractivity contribution in [2.24, 2.45) is 0 Å². The highest BCUT2D eigenvalue weighted by molar-refractivity contribution is 6.30. The van der Waals surface area contributed by atoms with Crippen molar-refractivity contribution in [2.75, 3.05) is 5.32 Å². The molecule has 0 aliphatic rings. The molecule has 26 heavy (non-hydrogen) atoms. The lowest BCUT2D eigenvalue weighted by atomic mass is 10.0. The summed E-state index contributed by atoms with van der Waals surface area (Å²) in [5.41, 5.74) is 3.51. The van der Waals surface area contributed by atoms with Gasteiger partial charge in [-0.25, -0.2) is 4.68 Å². The fraction of sp³-hybridized carbons (Fsp3) is 0.143. The number of anilines is 1. The number of halogens is 1. The Labute approximate surface area is 157 Å². The van der Waals surface area contributed by atoms with Crippen LogP contribution in [0.4, 0.5) is 5.69 Å². The maximum atomic E-state index is 12.8. The van der Waals surface area contributed by atoms with Crippen molar-refractivity contribution < 1.29 is 4.79 Å². The van der Waals surface area contributed by atoms with Gasteiger partial charge in [0.05, 0.1) is 23.1 Å². The molecule has 4 nitrogen and oxygen atoms in total. The summed E-state index contributed by atoms with van der Waals surface area (Å²) < 4.78 is 1.75. The molecule has 0 unspecified atom stereocenters. The van der Waals surface area contributed by atoms with E-state index in [0.717, 1.165) is 11.4 Å². The molecular formula is C21H18ClN3O. The van der Waals surface area contributed by atoms with Crippen molar-refractivity contribution in [3.05, 3.63) is 76.6 Å². The molecule has 1 aromatic heterocycles. The van der Waals surface area contributed by atoms with Crippen LogP contribution >= 0.6 is 11.6 Å². The summed E-state index contributed by atoms with van der Waals surface area (Å²) in [6, 6.07) is 14.6. The molecule has 3 aromatic rings. The largest absolute Gasteiger partial charge is 0.322 e. The minimum absolute atomic E-state index is 0.0919. The highest BCUT2D eigenvalue weighted by atomic mass is 35.5. The van der Waals surface area contributed by atoms with Gasteiger partial charge in [-0.2, -0.15) is 5.10 Å². The van der Waals surface area contributed by atoms with E-state index >= 15 is 0 Å². The molecule has 0 fully saturated rings. The summed E-state index contributed by atoms with van der Waals surface area (Å²) in [4.78, 5) is 12.8. The topological polar surface area (TPSA) is 46.9 Å². The summed E-state index contributed by atoms with van der Waals surface area (Å²) in [5.74, 6) is 2.43. The van der Waals surface area contributed by atoms with Gasteiger partial charge in [0.25, 0.3) is 5.91 Å². The molecule has 3 rings (SSSR count). The van der Waals surface area contributed by atoms with Gasteiger partial charge in [-0.05, 0) is 42.3 Å². The highest BCUT2D eigenvalue weighted by Gasteiger charge is 2.21. The van der Waals surface area contributed by atoms with Gasteiger partial charge in [0.1, 0.15) is 0 Å². The average molecular weight is 364 g/mol. The van der Waals surface area contributed by atoms with E-state index in [4.69, 9.17) is 18.0 Å². The van der Waals surface area contributed by atoms with E-state index in [1.54, 1.807) is 29.1 Å². The monoisotopic (exact) mass is 363 g/mol. The molecule has 1 amide bonds. The minimum atomic E-state index is -0.226. The molecule has 0 atom stereocenters. The standard InChI is InChI=1S/C21H18ClN3O/c1-4-15-7-5-9-17(11-15)24-21(26)19-13-23-25(20(19)14(2)3)18-10-6-8-16(22)12-18/h1,5-14H,2-3H3,(H,24,26). The summed E-state index contributed by atoms with van der Waals surface area (Å²) in [7, 11) is 0. The second-order valence-corrected chi connectivity index (χ2v) is 6.61. The van der Waals surface area contributed by atoms with Crippen LogP contribution in [0.1, 0.15) is 41.4 Å². The fourth-order valence-electron chi connectivity index (χ4n) is 2.79. The summed E-state index contributed by atoms with van der Waals surface area (Å²) >= 11 is 6.10. The van der Waals surface area contributed by atoms with Crippen LogP contribution in [0, 0.1) is 12.3 Å². The second kappa shape index (κ2) is 7.47. The Morgan fingerprint density at radius 1 is 1.23 bits per heavy atom. The van der Waals surface area contributed by atoms with Gasteiger partial charge in [0.2, 0.25) is 0 Å². The zero-order valence-electron chi connectivity index (χ0n) is 14.5. The van der Waals surface area contributed by atoms with Gasteiger partial charge < -0.3 is 5.32 Å². The van der Waals surface area contributed by atoms with Crippen LogP contribution in [0.25, 0.3) is 5.69 Å². The number of carbonyl (C=O) groups excluding carboxylic acids is 1. The number of amides is 1. The van der Waals surface area contributed by atoms with Gasteiger partial charge >= 0.3 is 0 Å². The lowest BCUT2D eigenvalue weighted by molar-refractivity contribution is 0.102. The molecule has 0 aliphatic heterocycles. The van der Waals surface area contributed by atoms with Crippen molar-refractivity contribution in [3.8, 4) is 18.0 Å². The predicted octanol–water partition coefficient (Wildman–Crippen LogP) is 4.88. The molecule has 2 aromatic carbocycles. The number of nitrogens with one attached hydrogen (secondary N) is 1. The number of rotatable bonds is 4. The van der Waals surface area contributed by atoms with Crippen molar-refractivity contribution in [3.63, 3.8) is 0 Å². The van der Waals surface area contributed by atoms with Crippen LogP contribution in [0.15, 0.2) is 54.7 Å². The first kappa shape index (κ1) is 17.8. The Morgan fingerprint density at radius 3 is 2.69 bits per heavy atom. The quantitative estimate of drug-likeness (QED) is 0.671. The Kier molecular flexibility index (Phi) is 5.11. The Balaban J connectivity index is 1.97. The second-order valence-electron chi connectivity index (χ2n) is 6.17. The van der Waals surface area contributed by atoms with Crippen LogP contribution in [0.5, 0.6) is 0 Å². The third-order valence-electron chi connectivity index (χ3n) is 3.94. The SMILES string of the molecule is C#Cc1cccc(NC(=O)c2cnn(-c3cccc(Cl)c3)c2C(C)C)c1. The van der Waals surface area contributed by atoms with Crippen LogP contribution in [-0.4, -0.2) is 15.7 Å². The molecule has 130 valence electrons. The van der Waals surface area contributed by atoms with Gasteiger partial charge in [-0.15, -0.1) is 6.42 Å². The highest BCUT2D eigenvalue weighted by Crippen LogP contribution is 2.25. The number of benzene rings is 2. The molecule has 0 bridgehead atoms. The number of hydrogen-bond acceptors (Lipinski definition) is 2. The normalized spacial score (nSPS) is 10.6. The van der Waals surface area contributed by atoms with Crippen LogP contribution in [-0.2, 0) is 0 Å². The van der Waals surface area contributed by atoms with Gasteiger partial charge in [-0.3, -0.25) is 4.79 Å². The van der Waals surface area contributed by atoms with Crippen LogP contribution in [0.2, 0.25) is 5.02 Å². The third-order valence-corrected chi connectivity index (χ3v) is 4.17. The van der Waals surface area contributed by atoms with Crippen molar-refractivity contribution in [1.29, 1.82) is 0 Å². The average Bonchev–Trinajstić information content (AvgIpc) is 3.07. The first-order chi connectivity index (χ1) is 12.5. The van der Waals surface area contributed by atoms with E-state index < -0.39 is 0 Å². The minimum Gasteiger partial charge on any atom is -0.322 e. The van der Waals surface area contributed by atoms with Crippen molar-refractivity contribution >= 4 is 23.2 Å². The molecule has 5 heteroatoms. The predicted molar refractivity (Wildman–Crippen MR) is 105 cm³/mol. The number of terminal acetylenes is 1. The number of nitrogens with zero attached hydrogens (tertiary/aromatic N) is 2. The molecule has 0 radical (unpaired) electrons. The fourth-order valence-corrected chi connectivity index (χ4v) is 2.97. The first-order valence-corrected chi connectivity index (χ1v) is 8.59.